The maximum absolute atomic E-state index is 12.4. The lowest BCUT2D eigenvalue weighted by atomic mass is 10.2. The lowest BCUT2D eigenvalue weighted by molar-refractivity contribution is 0.442. The van der Waals surface area contributed by atoms with Crippen LogP contribution in [-0.2, 0) is 16.6 Å². The maximum atomic E-state index is 12.4. The van der Waals surface area contributed by atoms with Crippen molar-refractivity contribution in [2.45, 2.75) is 44.8 Å². The predicted octanol–water partition coefficient (Wildman–Crippen LogP) is 1.86. The summed E-state index contributed by atoms with van der Waals surface area (Å²) in [5, 5.41) is 3.41. The van der Waals surface area contributed by atoms with E-state index in [4.69, 9.17) is 0 Å². The van der Waals surface area contributed by atoms with Crippen LogP contribution in [0.15, 0.2) is 23.4 Å². The Morgan fingerprint density at radius 3 is 2.57 bits per heavy atom. The van der Waals surface area contributed by atoms with Gasteiger partial charge in [0.15, 0.2) is 5.03 Å². The molecule has 0 aromatic carbocycles. The highest BCUT2D eigenvalue weighted by atomic mass is 32.2. The number of sulfonamides is 1. The zero-order valence-corrected chi connectivity index (χ0v) is 14.0. The summed E-state index contributed by atoms with van der Waals surface area (Å²) in [6.07, 6.45) is 2.75. The van der Waals surface area contributed by atoms with Crippen molar-refractivity contribution in [3.05, 3.63) is 23.9 Å². The molecule has 1 aromatic heterocycles. The molecule has 0 spiro atoms. The van der Waals surface area contributed by atoms with Gasteiger partial charge in [-0.1, -0.05) is 26.8 Å². The first-order valence-corrected chi connectivity index (χ1v) is 8.89. The highest BCUT2D eigenvalue weighted by Crippen LogP contribution is 2.38. The summed E-state index contributed by atoms with van der Waals surface area (Å²) in [5.74, 6) is 1.14. The predicted molar refractivity (Wildman–Crippen MR) is 83.3 cm³/mol. The van der Waals surface area contributed by atoms with E-state index in [-0.39, 0.29) is 5.03 Å². The Kier molecular flexibility index (Phi) is 5.01. The van der Waals surface area contributed by atoms with Crippen LogP contribution >= 0.6 is 0 Å². The fraction of sp³-hybridized carbons (Fsp3) is 0.667. The van der Waals surface area contributed by atoms with Crippen molar-refractivity contribution in [2.24, 2.45) is 11.8 Å². The molecule has 0 saturated heterocycles. The minimum absolute atomic E-state index is 0.131. The van der Waals surface area contributed by atoms with Crippen LogP contribution < -0.4 is 5.32 Å². The largest absolute Gasteiger partial charge is 0.310 e. The Morgan fingerprint density at radius 2 is 2.10 bits per heavy atom. The molecular formula is C15H25N3O2S. The molecular weight excluding hydrogens is 286 g/mol. The highest BCUT2D eigenvalue weighted by Gasteiger charge is 2.36. The molecule has 2 unspecified atom stereocenters. The van der Waals surface area contributed by atoms with Gasteiger partial charge in [0.05, 0.1) is 0 Å². The molecule has 1 heterocycles. The Morgan fingerprint density at radius 1 is 1.43 bits per heavy atom. The average Bonchev–Trinajstić information content (AvgIpc) is 3.12. The number of rotatable bonds is 7. The summed E-state index contributed by atoms with van der Waals surface area (Å²) < 4.78 is 26.3. The molecule has 0 amide bonds. The van der Waals surface area contributed by atoms with Crippen LogP contribution in [0.1, 0.15) is 32.8 Å². The first-order valence-electron chi connectivity index (χ1n) is 7.45. The summed E-state index contributed by atoms with van der Waals surface area (Å²) in [7, 11) is -1.83. The second-order valence-corrected chi connectivity index (χ2v) is 8.29. The monoisotopic (exact) mass is 311 g/mol. The first-order chi connectivity index (χ1) is 9.80. The maximum Gasteiger partial charge on any atom is 0.260 e. The molecule has 1 fully saturated rings. The number of nitrogens with one attached hydrogen (secondary N) is 1. The van der Waals surface area contributed by atoms with Gasteiger partial charge in [-0.3, -0.25) is 0 Å². The summed E-state index contributed by atoms with van der Waals surface area (Å²) in [6.45, 7) is 7.57. The topological polar surface area (TPSA) is 62.3 Å². The van der Waals surface area contributed by atoms with Gasteiger partial charge in [0.2, 0.25) is 0 Å². The zero-order chi connectivity index (χ0) is 15.6. The van der Waals surface area contributed by atoms with Crippen LogP contribution in [0.3, 0.4) is 0 Å². The van der Waals surface area contributed by atoms with E-state index in [1.807, 2.05) is 6.07 Å². The van der Waals surface area contributed by atoms with Crippen molar-refractivity contribution in [1.29, 1.82) is 0 Å². The molecule has 21 heavy (non-hydrogen) atoms. The van der Waals surface area contributed by atoms with Gasteiger partial charge < -0.3 is 5.32 Å². The van der Waals surface area contributed by atoms with E-state index >= 15 is 0 Å². The summed E-state index contributed by atoms with van der Waals surface area (Å²) in [6, 6.07) is 3.81. The minimum Gasteiger partial charge on any atom is -0.310 e. The van der Waals surface area contributed by atoms with Crippen LogP contribution in [0.4, 0.5) is 0 Å². The lowest BCUT2D eigenvalue weighted by Crippen LogP contribution is -2.30. The summed E-state index contributed by atoms with van der Waals surface area (Å²) in [4.78, 5) is 4.13. The average molecular weight is 311 g/mol. The quantitative estimate of drug-likeness (QED) is 0.835. The Hall–Kier alpha value is -0.980. The van der Waals surface area contributed by atoms with E-state index in [2.05, 4.69) is 31.1 Å². The van der Waals surface area contributed by atoms with Gasteiger partial charge in [-0.15, -0.1) is 0 Å². The second-order valence-electron chi connectivity index (χ2n) is 6.30. The third-order valence-electron chi connectivity index (χ3n) is 3.95. The third kappa shape index (κ3) is 4.25. The van der Waals surface area contributed by atoms with Crippen LogP contribution in [0.2, 0.25) is 0 Å². The molecule has 0 aliphatic heterocycles. The minimum atomic E-state index is -3.46. The van der Waals surface area contributed by atoms with Crippen molar-refractivity contribution >= 4 is 10.0 Å². The van der Waals surface area contributed by atoms with Gasteiger partial charge in [-0.25, -0.2) is 13.4 Å². The van der Waals surface area contributed by atoms with Crippen molar-refractivity contribution in [3.63, 3.8) is 0 Å². The lowest BCUT2D eigenvalue weighted by Gasteiger charge is -2.16. The SMILES string of the molecule is CC(C)NCc1ccc(S(=O)(=O)N(C)CC2CC2C)nc1. The number of nitrogens with zero attached hydrogens (tertiary/aromatic N) is 2. The van der Waals surface area contributed by atoms with Crippen LogP contribution in [0.5, 0.6) is 0 Å². The molecule has 1 aromatic rings. The number of hydrogen-bond acceptors (Lipinski definition) is 4. The molecule has 5 nitrogen and oxygen atoms in total. The molecule has 2 rings (SSSR count). The number of hydrogen-bond donors (Lipinski definition) is 1. The normalized spacial score (nSPS) is 22.0. The van der Waals surface area contributed by atoms with Crippen molar-refractivity contribution in [2.75, 3.05) is 13.6 Å². The third-order valence-corrected chi connectivity index (χ3v) is 5.69. The summed E-state index contributed by atoms with van der Waals surface area (Å²) in [5.41, 5.74) is 0.987. The molecule has 1 aliphatic rings. The van der Waals surface area contributed by atoms with E-state index in [9.17, 15) is 8.42 Å². The van der Waals surface area contributed by atoms with Crippen LogP contribution in [0, 0.1) is 11.8 Å². The molecule has 1 saturated carbocycles. The van der Waals surface area contributed by atoms with E-state index in [0.29, 0.717) is 31.0 Å². The van der Waals surface area contributed by atoms with Crippen molar-refractivity contribution < 1.29 is 8.42 Å². The molecule has 0 radical (unpaired) electrons. The molecule has 1 N–H and O–H groups in total. The smallest absolute Gasteiger partial charge is 0.260 e. The fourth-order valence-electron chi connectivity index (χ4n) is 2.23. The van der Waals surface area contributed by atoms with E-state index in [1.54, 1.807) is 19.3 Å². The Labute approximate surface area is 127 Å². The molecule has 6 heteroatoms. The number of aromatic nitrogens is 1. The van der Waals surface area contributed by atoms with E-state index < -0.39 is 10.0 Å². The van der Waals surface area contributed by atoms with Gasteiger partial charge in [0, 0.05) is 32.4 Å². The molecule has 2 atom stereocenters. The van der Waals surface area contributed by atoms with Gasteiger partial charge in [0.25, 0.3) is 10.0 Å². The van der Waals surface area contributed by atoms with E-state index in [0.717, 1.165) is 12.0 Å². The Bertz CT molecular complexity index is 569. The van der Waals surface area contributed by atoms with Crippen LogP contribution in [-0.4, -0.2) is 37.3 Å². The van der Waals surface area contributed by atoms with Crippen molar-refractivity contribution in [3.8, 4) is 0 Å². The summed E-state index contributed by atoms with van der Waals surface area (Å²) >= 11 is 0. The van der Waals surface area contributed by atoms with Crippen molar-refractivity contribution in [1.82, 2.24) is 14.6 Å². The van der Waals surface area contributed by atoms with Gasteiger partial charge in [-0.2, -0.15) is 4.31 Å². The molecule has 1 aliphatic carbocycles. The highest BCUT2D eigenvalue weighted by molar-refractivity contribution is 7.89. The second kappa shape index (κ2) is 6.42. The van der Waals surface area contributed by atoms with Gasteiger partial charge >= 0.3 is 0 Å². The zero-order valence-electron chi connectivity index (χ0n) is 13.2. The molecule has 0 bridgehead atoms. The van der Waals surface area contributed by atoms with Gasteiger partial charge in [0.1, 0.15) is 0 Å². The van der Waals surface area contributed by atoms with E-state index in [1.165, 1.54) is 4.31 Å². The van der Waals surface area contributed by atoms with Gasteiger partial charge in [-0.05, 0) is 29.9 Å². The number of pyridine rings is 1. The van der Waals surface area contributed by atoms with Crippen LogP contribution in [0.25, 0.3) is 0 Å². The standard InChI is InChI=1S/C15H25N3O2S/c1-11(2)16-8-13-5-6-15(17-9-13)21(19,20)18(4)10-14-7-12(14)3/h5-6,9,11-12,14,16H,7-8,10H2,1-4H3. The molecule has 118 valence electrons. The fourth-order valence-corrected chi connectivity index (χ4v) is 3.36. The first kappa shape index (κ1) is 16.4. The Balaban J connectivity index is 2.02.